The molecule has 0 saturated heterocycles. The van der Waals surface area contributed by atoms with Gasteiger partial charge in [0.25, 0.3) is 0 Å². The first-order valence-corrected chi connectivity index (χ1v) is 6.36. The number of hydrogen-bond donors (Lipinski definition) is 1. The number of rotatable bonds is 4. The lowest BCUT2D eigenvalue weighted by atomic mass is 10.0. The molecule has 0 unspecified atom stereocenters. The van der Waals surface area contributed by atoms with Gasteiger partial charge in [-0.25, -0.2) is 4.98 Å². The lowest BCUT2D eigenvalue weighted by Crippen LogP contribution is -2.12. The average molecular weight is 243 g/mol. The Morgan fingerprint density at radius 3 is 2.67 bits per heavy atom. The number of likely N-dealkylation sites (N-methyl/N-ethyl adjacent to an activating group) is 1. The van der Waals surface area contributed by atoms with Gasteiger partial charge in [-0.3, -0.25) is 0 Å². The molecule has 3 nitrogen and oxygen atoms in total. The predicted octanol–water partition coefficient (Wildman–Crippen LogP) is 2.47. The molecule has 2 rings (SSSR count). The molecule has 96 valence electrons. The summed E-state index contributed by atoms with van der Waals surface area (Å²) in [4.78, 5) is 4.71. The summed E-state index contributed by atoms with van der Waals surface area (Å²) >= 11 is 0. The van der Waals surface area contributed by atoms with Crippen LogP contribution in [-0.4, -0.2) is 23.1 Å². The van der Waals surface area contributed by atoms with Gasteiger partial charge >= 0.3 is 0 Å². The van der Waals surface area contributed by atoms with E-state index in [0.717, 1.165) is 24.5 Å². The third kappa shape index (κ3) is 2.62. The number of nitrogens with one attached hydrogen (secondary N) is 1. The van der Waals surface area contributed by atoms with E-state index in [4.69, 9.17) is 4.98 Å². The Kier molecular flexibility index (Phi) is 3.82. The number of aromatic nitrogens is 2. The van der Waals surface area contributed by atoms with Crippen molar-refractivity contribution in [2.24, 2.45) is 7.05 Å². The van der Waals surface area contributed by atoms with Crippen LogP contribution in [0.25, 0.3) is 11.3 Å². The van der Waals surface area contributed by atoms with E-state index in [1.165, 1.54) is 16.7 Å². The Balaban J connectivity index is 2.30. The van der Waals surface area contributed by atoms with Crippen LogP contribution >= 0.6 is 0 Å². The summed E-state index contributed by atoms with van der Waals surface area (Å²) in [5, 5.41) is 3.16. The maximum Gasteiger partial charge on any atom is 0.110 e. The van der Waals surface area contributed by atoms with Gasteiger partial charge in [0.15, 0.2) is 0 Å². The topological polar surface area (TPSA) is 29.9 Å². The van der Waals surface area contributed by atoms with Crippen molar-refractivity contribution in [1.29, 1.82) is 0 Å². The van der Waals surface area contributed by atoms with E-state index >= 15 is 0 Å². The summed E-state index contributed by atoms with van der Waals surface area (Å²) in [6.07, 6.45) is 3.06. The van der Waals surface area contributed by atoms with Crippen molar-refractivity contribution >= 4 is 0 Å². The Hall–Kier alpha value is -1.61. The zero-order chi connectivity index (χ0) is 13.1. The molecule has 18 heavy (non-hydrogen) atoms. The van der Waals surface area contributed by atoms with Crippen LogP contribution in [0, 0.1) is 13.8 Å². The average Bonchev–Trinajstić information content (AvgIpc) is 2.72. The first kappa shape index (κ1) is 12.8. The van der Waals surface area contributed by atoms with Crippen LogP contribution in [0.2, 0.25) is 0 Å². The smallest absolute Gasteiger partial charge is 0.110 e. The molecule has 1 heterocycles. The van der Waals surface area contributed by atoms with Crippen LogP contribution in [0.15, 0.2) is 24.4 Å². The molecule has 0 bridgehead atoms. The van der Waals surface area contributed by atoms with Gasteiger partial charge in [0.1, 0.15) is 5.82 Å². The lowest BCUT2D eigenvalue weighted by molar-refractivity contribution is 0.718. The third-order valence-corrected chi connectivity index (χ3v) is 3.37. The summed E-state index contributed by atoms with van der Waals surface area (Å²) in [7, 11) is 4.02. The molecule has 1 aromatic carbocycles. The van der Waals surface area contributed by atoms with Crippen molar-refractivity contribution in [3.63, 3.8) is 0 Å². The summed E-state index contributed by atoms with van der Waals surface area (Å²) in [5.74, 6) is 1.12. The highest BCUT2D eigenvalue weighted by Crippen LogP contribution is 2.21. The van der Waals surface area contributed by atoms with Gasteiger partial charge in [0, 0.05) is 31.8 Å². The minimum Gasteiger partial charge on any atom is -0.337 e. The molecule has 0 atom stereocenters. The summed E-state index contributed by atoms with van der Waals surface area (Å²) in [6, 6.07) is 6.51. The molecule has 0 aliphatic heterocycles. The summed E-state index contributed by atoms with van der Waals surface area (Å²) in [6.45, 7) is 5.23. The minimum absolute atomic E-state index is 0.956. The Bertz CT molecular complexity index is 541. The molecular weight excluding hydrogens is 222 g/mol. The standard InChI is InChI=1S/C15H21N3/c1-11-5-6-13(9-12(11)2)14-10-18(4)15(17-14)7-8-16-3/h5-6,9-10,16H,7-8H2,1-4H3. The summed E-state index contributed by atoms with van der Waals surface area (Å²) in [5.41, 5.74) is 4.90. The fourth-order valence-electron chi connectivity index (χ4n) is 2.01. The van der Waals surface area contributed by atoms with Crippen molar-refractivity contribution in [2.75, 3.05) is 13.6 Å². The molecule has 0 spiro atoms. The predicted molar refractivity (Wildman–Crippen MR) is 75.7 cm³/mol. The highest BCUT2D eigenvalue weighted by Gasteiger charge is 2.07. The molecule has 0 saturated carbocycles. The monoisotopic (exact) mass is 243 g/mol. The quantitative estimate of drug-likeness (QED) is 0.894. The maximum absolute atomic E-state index is 4.71. The highest BCUT2D eigenvalue weighted by molar-refractivity contribution is 5.60. The van der Waals surface area contributed by atoms with E-state index < -0.39 is 0 Å². The van der Waals surface area contributed by atoms with Gasteiger partial charge in [-0.1, -0.05) is 12.1 Å². The molecule has 0 aliphatic rings. The minimum atomic E-state index is 0.956. The van der Waals surface area contributed by atoms with Crippen LogP contribution in [0.5, 0.6) is 0 Å². The number of benzene rings is 1. The van der Waals surface area contributed by atoms with Crippen molar-refractivity contribution in [1.82, 2.24) is 14.9 Å². The molecular formula is C15H21N3. The van der Waals surface area contributed by atoms with Gasteiger partial charge in [-0.05, 0) is 38.1 Å². The number of nitrogens with zero attached hydrogens (tertiary/aromatic N) is 2. The Labute approximate surface area is 109 Å². The molecule has 1 N–H and O–H groups in total. The van der Waals surface area contributed by atoms with Gasteiger partial charge in [-0.15, -0.1) is 0 Å². The molecule has 0 amide bonds. The second kappa shape index (κ2) is 5.36. The highest BCUT2D eigenvalue weighted by atomic mass is 15.0. The van der Waals surface area contributed by atoms with Gasteiger partial charge in [0.2, 0.25) is 0 Å². The zero-order valence-electron chi connectivity index (χ0n) is 11.6. The van der Waals surface area contributed by atoms with Gasteiger partial charge < -0.3 is 9.88 Å². The number of hydrogen-bond acceptors (Lipinski definition) is 2. The second-order valence-corrected chi connectivity index (χ2v) is 4.81. The van der Waals surface area contributed by atoms with Crippen LogP contribution in [0.3, 0.4) is 0 Å². The molecule has 0 radical (unpaired) electrons. The largest absolute Gasteiger partial charge is 0.337 e. The van der Waals surface area contributed by atoms with E-state index in [1.54, 1.807) is 0 Å². The zero-order valence-corrected chi connectivity index (χ0v) is 11.6. The second-order valence-electron chi connectivity index (χ2n) is 4.81. The van der Waals surface area contributed by atoms with E-state index in [9.17, 15) is 0 Å². The van der Waals surface area contributed by atoms with Gasteiger partial charge in [0.05, 0.1) is 5.69 Å². The number of aryl methyl sites for hydroxylation is 3. The summed E-state index contributed by atoms with van der Waals surface area (Å²) < 4.78 is 2.11. The lowest BCUT2D eigenvalue weighted by Gasteiger charge is -2.02. The third-order valence-electron chi connectivity index (χ3n) is 3.37. The fraction of sp³-hybridized carbons (Fsp3) is 0.400. The molecule has 1 aromatic heterocycles. The van der Waals surface area contributed by atoms with Crippen LogP contribution in [-0.2, 0) is 13.5 Å². The molecule has 2 aromatic rings. The van der Waals surface area contributed by atoms with Crippen molar-refractivity contribution < 1.29 is 0 Å². The van der Waals surface area contributed by atoms with Gasteiger partial charge in [-0.2, -0.15) is 0 Å². The van der Waals surface area contributed by atoms with Crippen LogP contribution < -0.4 is 5.32 Å². The van der Waals surface area contributed by atoms with Crippen molar-refractivity contribution in [3.05, 3.63) is 41.3 Å². The van der Waals surface area contributed by atoms with E-state index in [2.05, 4.69) is 55.2 Å². The van der Waals surface area contributed by atoms with E-state index in [-0.39, 0.29) is 0 Å². The molecule has 0 aliphatic carbocycles. The number of imidazole rings is 1. The van der Waals surface area contributed by atoms with Crippen LogP contribution in [0.1, 0.15) is 17.0 Å². The van der Waals surface area contributed by atoms with Crippen LogP contribution in [0.4, 0.5) is 0 Å². The Morgan fingerprint density at radius 1 is 1.22 bits per heavy atom. The van der Waals surface area contributed by atoms with E-state index in [0.29, 0.717) is 0 Å². The molecule has 3 heteroatoms. The van der Waals surface area contributed by atoms with E-state index in [1.807, 2.05) is 7.05 Å². The van der Waals surface area contributed by atoms with Crippen molar-refractivity contribution in [2.45, 2.75) is 20.3 Å². The maximum atomic E-state index is 4.71. The molecule has 0 fully saturated rings. The fourth-order valence-corrected chi connectivity index (χ4v) is 2.01. The normalized spacial score (nSPS) is 10.9. The first-order chi connectivity index (χ1) is 8.61. The first-order valence-electron chi connectivity index (χ1n) is 6.36. The van der Waals surface area contributed by atoms with Crippen molar-refractivity contribution in [3.8, 4) is 11.3 Å². The SMILES string of the molecule is CNCCc1nc(-c2ccc(C)c(C)c2)cn1C. The Morgan fingerprint density at radius 2 is 2.00 bits per heavy atom.